The predicted molar refractivity (Wildman–Crippen MR) is 63.3 cm³/mol. The molecule has 1 aromatic rings. The van der Waals surface area contributed by atoms with Crippen LogP contribution in [0.15, 0.2) is 18.2 Å². The normalized spacial score (nSPS) is 16.5. The van der Waals surface area contributed by atoms with E-state index in [1.54, 1.807) is 6.07 Å². The maximum atomic E-state index is 13.3. The van der Waals surface area contributed by atoms with E-state index in [4.69, 9.17) is 0 Å². The molecule has 1 nitrogen and oxygen atoms in total. The van der Waals surface area contributed by atoms with Crippen LogP contribution in [-0.4, -0.2) is 18.0 Å². The zero-order valence-electron chi connectivity index (χ0n) is 9.38. The molecule has 1 heterocycles. The van der Waals surface area contributed by atoms with Crippen LogP contribution in [0.25, 0.3) is 0 Å². The fourth-order valence-electron chi connectivity index (χ4n) is 1.93. The summed E-state index contributed by atoms with van der Waals surface area (Å²) < 4.78 is 13.3. The Morgan fingerprint density at radius 1 is 1.31 bits per heavy atom. The van der Waals surface area contributed by atoms with Gasteiger partial charge < -0.3 is 4.90 Å². The molecule has 0 aromatic heterocycles. The predicted octanol–water partition coefficient (Wildman–Crippen LogP) is 3.45. The minimum atomic E-state index is -0.127. The molecular formula is C12H15BrFNZn. The third-order valence-electron chi connectivity index (χ3n) is 2.74. The van der Waals surface area contributed by atoms with Crippen LogP contribution in [0.4, 0.5) is 4.39 Å². The fraction of sp³-hybridized carbons (Fsp3) is 0.500. The van der Waals surface area contributed by atoms with Crippen LogP contribution in [-0.2, 0) is 22.9 Å². The Bertz CT molecular complexity index is 303. The van der Waals surface area contributed by atoms with Crippen molar-refractivity contribution in [1.29, 1.82) is 0 Å². The topological polar surface area (TPSA) is 3.24 Å². The molecule has 0 aliphatic carbocycles. The molecule has 2 rings (SSSR count). The van der Waals surface area contributed by atoms with Crippen molar-refractivity contribution in [3.63, 3.8) is 0 Å². The number of hydrogen-bond acceptors (Lipinski definition) is 1. The van der Waals surface area contributed by atoms with E-state index in [1.165, 1.54) is 41.7 Å². The molecule has 0 unspecified atom stereocenters. The van der Waals surface area contributed by atoms with Crippen LogP contribution < -0.4 is 0 Å². The molecule has 0 spiro atoms. The van der Waals surface area contributed by atoms with Gasteiger partial charge in [-0.15, -0.1) is 11.6 Å². The van der Waals surface area contributed by atoms with Gasteiger partial charge in [-0.3, -0.25) is 4.39 Å². The molecule has 0 radical (unpaired) electrons. The minimum absolute atomic E-state index is 0.127. The Kier molecular flexibility index (Phi) is 7.43. The van der Waals surface area contributed by atoms with Crippen molar-refractivity contribution < 1.29 is 20.7 Å². The standard InChI is InChI=1S/C12H15FN.BrH.Zn/c13-12-7-3-2-6-11(12)10-14-8-4-1-5-9-14;;/h2,6-7H,1,4-5,8-10H2;1H;/q-1;;+2/p-1. The zero-order valence-corrected chi connectivity index (χ0v) is 13.9. The molecular weight excluding hydrogens is 322 g/mol. The number of benzene rings is 1. The van der Waals surface area contributed by atoms with Gasteiger partial charge in [-0.05, 0) is 25.9 Å². The second-order valence-electron chi connectivity index (χ2n) is 3.85. The monoisotopic (exact) mass is 335 g/mol. The van der Waals surface area contributed by atoms with Crippen molar-refractivity contribution in [3.8, 4) is 0 Å². The third kappa shape index (κ3) is 4.61. The van der Waals surface area contributed by atoms with Crippen LogP contribution in [0.1, 0.15) is 24.8 Å². The van der Waals surface area contributed by atoms with Gasteiger partial charge in [0.05, 0.1) is 0 Å². The number of nitrogens with zero attached hydrogens (tertiary/aromatic N) is 1. The summed E-state index contributed by atoms with van der Waals surface area (Å²) in [7, 11) is 0. The molecule has 0 saturated carbocycles. The van der Waals surface area contributed by atoms with E-state index in [-0.39, 0.29) is 5.82 Å². The summed E-state index contributed by atoms with van der Waals surface area (Å²) in [4.78, 5) is 2.32. The molecule has 16 heavy (non-hydrogen) atoms. The van der Waals surface area contributed by atoms with Crippen molar-refractivity contribution in [2.45, 2.75) is 25.8 Å². The zero-order chi connectivity index (χ0) is 11.8. The van der Waals surface area contributed by atoms with E-state index in [9.17, 15) is 4.39 Å². The molecule has 4 heteroatoms. The molecule has 1 aliphatic heterocycles. The van der Waals surface area contributed by atoms with Crippen molar-refractivity contribution in [1.82, 2.24) is 4.90 Å². The Morgan fingerprint density at radius 2 is 2.00 bits per heavy atom. The summed E-state index contributed by atoms with van der Waals surface area (Å²) in [6.45, 7) is 2.97. The van der Waals surface area contributed by atoms with Gasteiger partial charge in [0.1, 0.15) is 0 Å². The van der Waals surface area contributed by atoms with Crippen LogP contribution in [0, 0.1) is 11.9 Å². The SMILES string of the molecule is Fc1c[c-]ccc1CN1CCCCC1.[Zn+][Br]. The molecule has 1 aromatic carbocycles. The summed E-state index contributed by atoms with van der Waals surface area (Å²) >= 11 is 4.25. The van der Waals surface area contributed by atoms with E-state index in [1.807, 2.05) is 6.07 Å². The van der Waals surface area contributed by atoms with Crippen LogP contribution in [0.5, 0.6) is 0 Å². The number of hydrogen-bond donors (Lipinski definition) is 0. The van der Waals surface area contributed by atoms with E-state index in [2.05, 4.69) is 24.6 Å². The summed E-state index contributed by atoms with van der Waals surface area (Å²) in [5.74, 6) is -0.127. The summed E-state index contributed by atoms with van der Waals surface area (Å²) in [6, 6.07) is 7.76. The second-order valence-corrected chi connectivity index (χ2v) is 3.85. The molecule has 1 aliphatic rings. The van der Waals surface area contributed by atoms with Crippen LogP contribution >= 0.6 is 13.6 Å². The number of likely N-dealkylation sites (tertiary alicyclic amines) is 1. The molecule has 84 valence electrons. The van der Waals surface area contributed by atoms with Gasteiger partial charge in [-0.1, -0.05) is 6.42 Å². The van der Waals surface area contributed by atoms with E-state index >= 15 is 0 Å². The van der Waals surface area contributed by atoms with Crippen molar-refractivity contribution in [3.05, 3.63) is 35.6 Å². The first kappa shape index (κ1) is 14.3. The quantitative estimate of drug-likeness (QED) is 0.590. The molecule has 0 amide bonds. The van der Waals surface area contributed by atoms with Gasteiger partial charge in [-0.2, -0.15) is 18.2 Å². The molecule has 0 bridgehead atoms. The summed E-state index contributed by atoms with van der Waals surface area (Å²) in [5, 5.41) is 0. The van der Waals surface area contributed by atoms with Gasteiger partial charge in [-0.25, -0.2) is 0 Å². The average Bonchev–Trinajstić information content (AvgIpc) is 2.36. The van der Waals surface area contributed by atoms with Crippen LogP contribution in [0.3, 0.4) is 0 Å². The number of halogens is 2. The van der Waals surface area contributed by atoms with Gasteiger partial charge in [0.15, 0.2) is 0 Å². The Morgan fingerprint density at radius 3 is 2.62 bits per heavy atom. The van der Waals surface area contributed by atoms with Gasteiger partial charge in [0.2, 0.25) is 0 Å². The Labute approximate surface area is 113 Å². The van der Waals surface area contributed by atoms with Crippen molar-refractivity contribution in [2.75, 3.05) is 13.1 Å². The Hall–Kier alpha value is 0.213. The Balaban J connectivity index is 0.000000606. The number of rotatable bonds is 2. The van der Waals surface area contributed by atoms with E-state index in [0.717, 1.165) is 25.2 Å². The molecule has 0 atom stereocenters. The number of piperidine rings is 1. The molecule has 1 fully saturated rings. The van der Waals surface area contributed by atoms with E-state index < -0.39 is 0 Å². The van der Waals surface area contributed by atoms with Gasteiger partial charge in [0, 0.05) is 12.4 Å². The average molecular weight is 338 g/mol. The summed E-state index contributed by atoms with van der Waals surface area (Å²) in [6.07, 6.45) is 3.82. The fourth-order valence-corrected chi connectivity index (χ4v) is 1.93. The first-order valence-electron chi connectivity index (χ1n) is 5.50. The van der Waals surface area contributed by atoms with Gasteiger partial charge >= 0.3 is 30.0 Å². The van der Waals surface area contributed by atoms with Crippen molar-refractivity contribution in [2.24, 2.45) is 0 Å². The first-order chi connectivity index (χ1) is 7.86. The maximum absolute atomic E-state index is 13.3. The van der Waals surface area contributed by atoms with Crippen LogP contribution in [0.2, 0.25) is 0 Å². The van der Waals surface area contributed by atoms with E-state index in [0.29, 0.717) is 0 Å². The summed E-state index contributed by atoms with van der Waals surface area (Å²) in [5.41, 5.74) is 0.797. The van der Waals surface area contributed by atoms with Crippen molar-refractivity contribution >= 4 is 13.6 Å². The molecule has 0 N–H and O–H groups in total. The first-order valence-corrected chi connectivity index (χ1v) is 12.4. The molecule has 1 saturated heterocycles. The second kappa shape index (κ2) is 8.33. The van der Waals surface area contributed by atoms with Gasteiger partial charge in [0.25, 0.3) is 0 Å². The third-order valence-corrected chi connectivity index (χ3v) is 2.74.